The van der Waals surface area contributed by atoms with Crippen LogP contribution in [0.25, 0.3) is 11.3 Å². The van der Waals surface area contributed by atoms with E-state index in [0.29, 0.717) is 11.5 Å². The molecule has 30 heavy (non-hydrogen) atoms. The van der Waals surface area contributed by atoms with Crippen LogP contribution in [0.15, 0.2) is 34.9 Å². The van der Waals surface area contributed by atoms with E-state index in [1.807, 2.05) is 30.3 Å². The van der Waals surface area contributed by atoms with Crippen molar-refractivity contribution in [1.29, 1.82) is 0 Å². The third-order valence-electron chi connectivity index (χ3n) is 5.09. The van der Waals surface area contributed by atoms with Crippen LogP contribution >= 0.6 is 11.8 Å². The van der Waals surface area contributed by atoms with Crippen LogP contribution in [0.5, 0.6) is 0 Å². The van der Waals surface area contributed by atoms with Crippen molar-refractivity contribution in [1.82, 2.24) is 15.4 Å². The minimum absolute atomic E-state index is 0. The van der Waals surface area contributed by atoms with E-state index in [1.54, 1.807) is 20.8 Å². The second-order valence-corrected chi connectivity index (χ2v) is 9.13. The van der Waals surface area contributed by atoms with Gasteiger partial charge in [-0.25, -0.2) is 0 Å². The number of carbonyl (C=O) groups excluding carboxylic acids is 3. The fourth-order valence-electron chi connectivity index (χ4n) is 3.77. The molecular formula is C19H20N3NaO6S. The number of β-lactam (4-membered cyclic amide) rings is 1. The van der Waals surface area contributed by atoms with Crippen molar-refractivity contribution >= 4 is 29.5 Å². The Labute approximate surface area is 199 Å². The number of rotatable bonds is 4. The number of aryl methyl sites for hydroxylation is 1. The predicted octanol–water partition coefficient (Wildman–Crippen LogP) is -3.26. The molecule has 0 spiro atoms. The summed E-state index contributed by atoms with van der Waals surface area (Å²) in [7, 11) is 0. The number of thioether (sulfide) groups is 1. The maximum atomic E-state index is 12.9. The molecule has 3 atom stereocenters. The zero-order valence-corrected chi connectivity index (χ0v) is 19.8. The summed E-state index contributed by atoms with van der Waals surface area (Å²) < 4.78 is 4.49. The zero-order chi connectivity index (χ0) is 20.2. The van der Waals surface area contributed by atoms with Gasteiger partial charge in [0.15, 0.2) is 0 Å². The maximum Gasteiger partial charge on any atom is 1.00 e. The van der Waals surface area contributed by atoms with Crippen molar-refractivity contribution < 1.29 is 59.0 Å². The quantitative estimate of drug-likeness (QED) is 0.387. The molecule has 11 heteroatoms. The summed E-state index contributed by atoms with van der Waals surface area (Å²) in [6.07, 6.45) is 0. The number of carbonyl (C=O) groups is 3. The van der Waals surface area contributed by atoms with Gasteiger partial charge in [-0.15, -0.1) is 11.8 Å². The van der Waals surface area contributed by atoms with Gasteiger partial charge in [-0.3, -0.25) is 9.59 Å². The van der Waals surface area contributed by atoms with E-state index in [0.717, 1.165) is 5.56 Å². The molecule has 0 aliphatic carbocycles. The Morgan fingerprint density at radius 2 is 1.90 bits per heavy atom. The number of hydrogen-bond acceptors (Lipinski definition) is 7. The number of benzene rings is 1. The number of hydrogen-bond donors (Lipinski definition) is 1. The van der Waals surface area contributed by atoms with Crippen molar-refractivity contribution in [3.8, 4) is 11.3 Å². The van der Waals surface area contributed by atoms with Crippen molar-refractivity contribution in [2.24, 2.45) is 0 Å². The van der Waals surface area contributed by atoms with Crippen molar-refractivity contribution in [3.05, 3.63) is 41.7 Å². The van der Waals surface area contributed by atoms with E-state index in [1.165, 1.54) is 16.7 Å². The number of nitrogens with one attached hydrogen (secondary N) is 1. The number of aliphatic carboxylic acids is 1. The standard InChI is InChI=1S/C19H19N3O5S.Na.H2O/c1-9-11(12(21-27-9)10-7-5-4-6-8-10)15(23)20-13-16(24)22-14(18(25)26)19(2,3)28-17(13)22;;/h4-8,13-14,17H,1-3H3,(H,20,23)(H,25,26);;1H2/q;+1;/p-1/t13-,14+,17-;;/m0../s1. The van der Waals surface area contributed by atoms with Gasteiger partial charge in [0.1, 0.15) is 28.4 Å². The normalized spacial score (nSPS) is 23.5. The third-order valence-corrected chi connectivity index (χ3v) is 6.66. The van der Waals surface area contributed by atoms with Crippen LogP contribution in [0.2, 0.25) is 0 Å². The molecule has 0 radical (unpaired) electrons. The van der Waals surface area contributed by atoms with Gasteiger partial charge >= 0.3 is 29.6 Å². The third kappa shape index (κ3) is 3.78. The monoisotopic (exact) mass is 441 g/mol. The number of carboxylic acid groups (broad SMARTS) is 1. The van der Waals surface area contributed by atoms with Gasteiger partial charge in [0.25, 0.3) is 5.91 Å². The van der Waals surface area contributed by atoms with E-state index >= 15 is 0 Å². The second-order valence-electron chi connectivity index (χ2n) is 7.36. The van der Waals surface area contributed by atoms with E-state index < -0.39 is 40.0 Å². The van der Waals surface area contributed by atoms with Gasteiger partial charge in [-0.1, -0.05) is 35.5 Å². The number of nitrogens with zero attached hydrogens (tertiary/aromatic N) is 2. The van der Waals surface area contributed by atoms with Crippen LogP contribution in [0.1, 0.15) is 30.0 Å². The molecule has 0 unspecified atom stereocenters. The Bertz CT molecular complexity index is 980. The molecule has 3 N–H and O–H groups in total. The first kappa shape index (κ1) is 24.4. The summed E-state index contributed by atoms with van der Waals surface area (Å²) in [5, 5.41) is 17.7. The fourth-order valence-corrected chi connectivity index (χ4v) is 5.39. The van der Waals surface area contributed by atoms with Gasteiger partial charge in [0.2, 0.25) is 5.91 Å². The van der Waals surface area contributed by atoms with Crippen LogP contribution < -0.4 is 40.0 Å². The summed E-state index contributed by atoms with van der Waals surface area (Å²) >= 11 is 1.34. The average Bonchev–Trinajstić information content (AvgIpc) is 3.15. The molecule has 154 valence electrons. The van der Waals surface area contributed by atoms with Crippen molar-refractivity contribution in [2.45, 2.75) is 43.0 Å². The molecule has 2 aromatic rings. The van der Waals surface area contributed by atoms with E-state index in [2.05, 4.69) is 10.5 Å². The van der Waals surface area contributed by atoms with Gasteiger partial charge < -0.3 is 30.1 Å². The number of fused-ring (bicyclic) bond motifs is 1. The largest absolute Gasteiger partial charge is 1.00 e. The number of carboxylic acids is 1. The SMILES string of the molecule is Cc1onc(-c2ccccc2)c1C(=O)N[C@H]1C(=O)N2[C@H]1SC(C)(C)[C@H]2C(=O)[O-].O.[Na+]. The van der Waals surface area contributed by atoms with Crippen LogP contribution in [-0.4, -0.2) is 55.5 Å². The molecule has 2 fully saturated rings. The van der Waals surface area contributed by atoms with Crippen LogP contribution in [0, 0.1) is 6.92 Å². The predicted molar refractivity (Wildman–Crippen MR) is 103 cm³/mol. The van der Waals surface area contributed by atoms with E-state index in [4.69, 9.17) is 4.52 Å². The molecule has 9 nitrogen and oxygen atoms in total. The van der Waals surface area contributed by atoms with E-state index in [9.17, 15) is 19.5 Å². The van der Waals surface area contributed by atoms with Gasteiger partial charge in [-0.2, -0.15) is 0 Å². The number of amides is 2. The summed E-state index contributed by atoms with van der Waals surface area (Å²) in [6.45, 7) is 5.13. The summed E-state index contributed by atoms with van der Waals surface area (Å²) in [6, 6.07) is 7.29. The van der Waals surface area contributed by atoms with Crippen LogP contribution in [0.4, 0.5) is 0 Å². The molecular weight excluding hydrogens is 421 g/mol. The average molecular weight is 441 g/mol. The summed E-state index contributed by atoms with van der Waals surface area (Å²) in [5.74, 6) is -1.86. The molecule has 2 aliphatic rings. The first-order chi connectivity index (χ1) is 13.2. The molecule has 1 aromatic carbocycles. The van der Waals surface area contributed by atoms with Crippen LogP contribution in [0.3, 0.4) is 0 Å². The molecule has 2 amide bonds. The smallest absolute Gasteiger partial charge is 0.548 e. The van der Waals surface area contributed by atoms with Gasteiger partial charge in [0, 0.05) is 10.3 Å². The molecule has 3 heterocycles. The first-order valence-electron chi connectivity index (χ1n) is 8.76. The Hall–Kier alpha value is -1.85. The Morgan fingerprint density at radius 3 is 2.50 bits per heavy atom. The molecule has 4 rings (SSSR count). The zero-order valence-electron chi connectivity index (χ0n) is 17.0. The van der Waals surface area contributed by atoms with Crippen LogP contribution in [-0.2, 0) is 9.59 Å². The fraction of sp³-hybridized carbons (Fsp3) is 0.368. The molecule has 0 bridgehead atoms. The molecule has 1 aromatic heterocycles. The molecule has 0 saturated carbocycles. The van der Waals surface area contributed by atoms with E-state index in [-0.39, 0.29) is 40.6 Å². The maximum absolute atomic E-state index is 12.9. The topological polar surface area (TPSA) is 147 Å². The summed E-state index contributed by atoms with van der Waals surface area (Å²) in [5.41, 5.74) is 1.38. The Morgan fingerprint density at radius 1 is 1.27 bits per heavy atom. The van der Waals surface area contributed by atoms with Crippen molar-refractivity contribution in [2.75, 3.05) is 0 Å². The second kappa shape index (κ2) is 8.72. The molecule has 2 saturated heterocycles. The number of aromatic nitrogens is 1. The summed E-state index contributed by atoms with van der Waals surface area (Å²) in [4.78, 5) is 38.2. The van der Waals surface area contributed by atoms with Gasteiger partial charge in [0.05, 0.1) is 12.0 Å². The minimum atomic E-state index is -1.29. The first-order valence-corrected chi connectivity index (χ1v) is 9.64. The van der Waals surface area contributed by atoms with Crippen molar-refractivity contribution in [3.63, 3.8) is 0 Å². The van der Waals surface area contributed by atoms with Gasteiger partial charge in [-0.05, 0) is 20.8 Å². The Kier molecular flexibility index (Phi) is 7.10. The Balaban J connectivity index is 0.00000160. The molecule has 2 aliphatic heterocycles. The minimum Gasteiger partial charge on any atom is -0.548 e.